The van der Waals surface area contributed by atoms with E-state index >= 15 is 0 Å². The summed E-state index contributed by atoms with van der Waals surface area (Å²) >= 11 is 20.5. The van der Waals surface area contributed by atoms with Gasteiger partial charge in [0, 0.05) is 99.5 Å². The zero-order valence-corrected chi connectivity index (χ0v) is 23.4. The molecule has 5 rings (SSSR count). The Morgan fingerprint density at radius 1 is 0.536 bits per heavy atom. The van der Waals surface area contributed by atoms with E-state index in [4.69, 9.17) is 0 Å². The lowest BCUT2D eigenvalue weighted by atomic mass is 10.1. The first-order valence-electron chi connectivity index (χ1n) is 10.3. The Bertz CT molecular complexity index is 448. The molecule has 5 heterocycles. The second-order valence-electron chi connectivity index (χ2n) is 8.10. The van der Waals surface area contributed by atoms with Gasteiger partial charge in [0.05, 0.1) is 0 Å². The van der Waals surface area contributed by atoms with Crippen LogP contribution in [0.3, 0.4) is 0 Å². The van der Waals surface area contributed by atoms with Crippen LogP contribution in [0.2, 0.25) is 0 Å². The van der Waals surface area contributed by atoms with E-state index in [9.17, 15) is 0 Å². The van der Waals surface area contributed by atoms with Gasteiger partial charge in [-0.3, -0.25) is 0 Å². The van der Waals surface area contributed by atoms with E-state index in [-0.39, 0.29) is 0 Å². The van der Waals surface area contributed by atoms with Crippen LogP contribution in [-0.4, -0.2) is 99.5 Å². The third kappa shape index (κ3) is 6.18. The summed E-state index contributed by atoms with van der Waals surface area (Å²) in [6.45, 7) is 0. The van der Waals surface area contributed by atoms with E-state index in [1.165, 1.54) is 63.9 Å². The Kier molecular flexibility index (Phi) is 9.43. The monoisotopic (exact) mass is 546 g/mol. The Hall–Kier alpha value is 3.15. The molecule has 0 radical (unpaired) electrons. The van der Waals surface area contributed by atoms with Gasteiger partial charge in [0.1, 0.15) is 0 Å². The van der Waals surface area contributed by atoms with Crippen LogP contribution in [0.15, 0.2) is 0 Å². The molecule has 28 heavy (non-hydrogen) atoms. The molecule has 0 saturated carbocycles. The van der Waals surface area contributed by atoms with Gasteiger partial charge < -0.3 is 0 Å². The highest BCUT2D eigenvalue weighted by molar-refractivity contribution is 8.12. The van der Waals surface area contributed by atoms with Crippen molar-refractivity contribution in [1.82, 2.24) is 0 Å². The van der Waals surface area contributed by atoms with Crippen molar-refractivity contribution in [1.29, 1.82) is 0 Å². The molecule has 0 aromatic carbocycles. The summed E-state index contributed by atoms with van der Waals surface area (Å²) in [6, 6.07) is 0. The maximum Gasteiger partial charge on any atom is 0.0261 e. The Morgan fingerprint density at radius 3 is 1.25 bits per heavy atom. The Labute approximate surface area is 209 Å². The summed E-state index contributed by atoms with van der Waals surface area (Å²) in [5.74, 6) is 14.2. The molecule has 0 amide bonds. The highest BCUT2D eigenvalue weighted by Crippen LogP contribution is 2.50. The second-order valence-corrected chi connectivity index (χ2v) is 19.6. The predicted molar refractivity (Wildman–Crippen MR) is 152 cm³/mol. The minimum Gasteiger partial charge on any atom is -0.160 e. The number of rotatable bonds is 10. The molecule has 160 valence electrons. The smallest absolute Gasteiger partial charge is 0.0261 e. The largest absolute Gasteiger partial charge is 0.160 e. The van der Waals surface area contributed by atoms with Gasteiger partial charge in [-0.05, 0) is 6.42 Å². The first-order valence-corrected chi connectivity index (χ1v) is 19.9. The molecular weight excluding hydrogens is 517 g/mol. The molecule has 0 aliphatic carbocycles. The number of hydrogen-bond donors (Lipinski definition) is 0. The highest BCUT2D eigenvalue weighted by Gasteiger charge is 2.42. The minimum atomic E-state index is 0.903. The quantitative estimate of drug-likeness (QED) is 0.321. The van der Waals surface area contributed by atoms with Gasteiger partial charge in [0.25, 0.3) is 0 Å². The van der Waals surface area contributed by atoms with Crippen LogP contribution < -0.4 is 0 Å². The van der Waals surface area contributed by atoms with E-state index in [1.807, 2.05) is 0 Å². The second kappa shape index (κ2) is 11.5. The topological polar surface area (TPSA) is 0 Å². The SMILES string of the molecule is C1SCC1SCC1SC(CSC2CSC2)C(SC2CSC2)CC1SC1CSC1. The molecule has 0 bridgehead atoms. The van der Waals surface area contributed by atoms with Gasteiger partial charge in [0.2, 0.25) is 0 Å². The highest BCUT2D eigenvalue weighted by atomic mass is 32.2. The lowest BCUT2D eigenvalue weighted by molar-refractivity contribution is 0.671. The van der Waals surface area contributed by atoms with Gasteiger partial charge in [-0.15, -0.1) is 0 Å². The van der Waals surface area contributed by atoms with Gasteiger partial charge in [-0.2, -0.15) is 106 Å². The summed E-state index contributed by atoms with van der Waals surface area (Å²) in [4.78, 5) is 0. The molecule has 0 aromatic heterocycles. The average Bonchev–Trinajstić information content (AvgIpc) is 2.53. The number of thioether (sulfide) groups is 9. The normalized spacial score (nSPS) is 37.7. The summed E-state index contributed by atoms with van der Waals surface area (Å²) in [6.07, 6.45) is 1.50. The van der Waals surface area contributed by atoms with Crippen LogP contribution >= 0.6 is 106 Å². The molecule has 5 fully saturated rings. The molecule has 9 heteroatoms. The summed E-state index contributed by atoms with van der Waals surface area (Å²) in [5, 5.41) is 7.50. The molecule has 5 aliphatic heterocycles. The Balaban J connectivity index is 1.21. The first kappa shape index (κ1) is 22.9. The molecule has 0 spiro atoms. The van der Waals surface area contributed by atoms with Crippen LogP contribution in [0.1, 0.15) is 6.42 Å². The van der Waals surface area contributed by atoms with E-state index in [1.54, 1.807) is 0 Å². The maximum absolute atomic E-state index is 2.44. The molecule has 0 N–H and O–H groups in total. The summed E-state index contributed by atoms with van der Waals surface area (Å²) in [5.41, 5.74) is 0. The van der Waals surface area contributed by atoms with Crippen LogP contribution in [0, 0.1) is 0 Å². The fourth-order valence-corrected chi connectivity index (χ4v) is 17.3. The summed E-state index contributed by atoms with van der Waals surface area (Å²) < 4.78 is 0. The van der Waals surface area contributed by atoms with Crippen molar-refractivity contribution < 1.29 is 0 Å². The molecule has 4 atom stereocenters. The van der Waals surface area contributed by atoms with Crippen molar-refractivity contribution in [2.45, 2.75) is 48.4 Å². The fraction of sp³-hybridized carbons (Fsp3) is 1.00. The van der Waals surface area contributed by atoms with E-state index in [2.05, 4.69) is 106 Å². The Morgan fingerprint density at radius 2 is 0.929 bits per heavy atom. The van der Waals surface area contributed by atoms with Crippen LogP contribution in [0.5, 0.6) is 0 Å². The van der Waals surface area contributed by atoms with Crippen molar-refractivity contribution in [3.8, 4) is 0 Å². The van der Waals surface area contributed by atoms with E-state index in [0.717, 1.165) is 42.0 Å². The van der Waals surface area contributed by atoms with E-state index in [0.29, 0.717) is 0 Å². The minimum absolute atomic E-state index is 0.903. The molecule has 5 saturated heterocycles. The van der Waals surface area contributed by atoms with E-state index < -0.39 is 0 Å². The van der Waals surface area contributed by atoms with Crippen molar-refractivity contribution in [3.05, 3.63) is 0 Å². The molecule has 0 nitrogen and oxygen atoms in total. The average molecular weight is 547 g/mol. The lowest BCUT2D eigenvalue weighted by Gasteiger charge is -2.45. The first-order chi connectivity index (χ1) is 13.8. The molecule has 4 unspecified atom stereocenters. The molecule has 5 aliphatic rings. The zero-order valence-electron chi connectivity index (χ0n) is 16.1. The lowest BCUT2D eigenvalue weighted by Crippen LogP contribution is -2.44. The fourth-order valence-electron chi connectivity index (χ4n) is 3.67. The summed E-state index contributed by atoms with van der Waals surface area (Å²) in [7, 11) is 0. The van der Waals surface area contributed by atoms with Crippen LogP contribution in [-0.2, 0) is 0 Å². The van der Waals surface area contributed by atoms with Crippen molar-refractivity contribution >= 4 is 106 Å². The predicted octanol–water partition coefficient (Wildman–Crippen LogP) is 5.99. The van der Waals surface area contributed by atoms with Gasteiger partial charge in [-0.1, -0.05) is 0 Å². The van der Waals surface area contributed by atoms with Crippen molar-refractivity contribution in [3.63, 3.8) is 0 Å². The number of hydrogen-bond acceptors (Lipinski definition) is 9. The maximum atomic E-state index is 2.44. The van der Waals surface area contributed by atoms with Gasteiger partial charge in [0.15, 0.2) is 0 Å². The molecule has 0 aromatic rings. The standard InChI is InChI=1S/C19H30S9/c1-16(26-14-6-22-7-14)18(10-24-12-2-20-3-12)28-19(11-25-13-4-21-5-13)17(1)27-15-8-23-9-15/h12-19H,1-11H2. The van der Waals surface area contributed by atoms with Crippen molar-refractivity contribution in [2.75, 3.05) is 57.5 Å². The third-order valence-electron chi connectivity index (χ3n) is 5.80. The molecular formula is C19H30S9. The van der Waals surface area contributed by atoms with Gasteiger partial charge in [-0.25, -0.2) is 0 Å². The third-order valence-corrected chi connectivity index (χ3v) is 20.9. The van der Waals surface area contributed by atoms with Crippen molar-refractivity contribution in [2.24, 2.45) is 0 Å². The van der Waals surface area contributed by atoms with Gasteiger partial charge >= 0.3 is 0 Å². The van der Waals surface area contributed by atoms with Crippen LogP contribution in [0.4, 0.5) is 0 Å². The zero-order chi connectivity index (χ0) is 18.8. The van der Waals surface area contributed by atoms with Crippen LogP contribution in [0.25, 0.3) is 0 Å².